The number of rotatable bonds is 6. The van der Waals surface area contributed by atoms with Crippen molar-refractivity contribution in [2.45, 2.75) is 38.4 Å². The number of carbonyl (C=O) groups is 2. The Hall–Kier alpha value is -4.11. The van der Waals surface area contributed by atoms with Crippen molar-refractivity contribution in [1.29, 1.82) is 0 Å². The second-order valence-electron chi connectivity index (χ2n) is 10.0. The molecular weight excluding hydrogens is 483 g/mol. The molecule has 8 nitrogen and oxygen atoms in total. The fourth-order valence-electron chi connectivity index (χ4n) is 5.10. The third-order valence-electron chi connectivity index (χ3n) is 7.07. The molecule has 0 spiro atoms. The summed E-state index contributed by atoms with van der Waals surface area (Å²) < 4.78 is 14.4. The molecule has 3 heterocycles. The van der Waals surface area contributed by atoms with Gasteiger partial charge >= 0.3 is 0 Å². The summed E-state index contributed by atoms with van der Waals surface area (Å²) in [6.45, 7) is 2.66. The molecule has 2 atom stereocenters. The number of carbonyl (C=O) groups excluding carboxylic acids is 2. The van der Waals surface area contributed by atoms with Crippen molar-refractivity contribution in [2.75, 3.05) is 20.6 Å². The van der Waals surface area contributed by atoms with Gasteiger partial charge in [-0.3, -0.25) is 24.6 Å². The first-order valence-electron chi connectivity index (χ1n) is 12.7. The summed E-state index contributed by atoms with van der Waals surface area (Å²) in [5.74, 6) is -0.517. The van der Waals surface area contributed by atoms with Crippen molar-refractivity contribution in [3.8, 4) is 11.3 Å². The molecule has 38 heavy (non-hydrogen) atoms. The van der Waals surface area contributed by atoms with Crippen molar-refractivity contribution < 1.29 is 14.0 Å². The van der Waals surface area contributed by atoms with Gasteiger partial charge in [0.2, 0.25) is 5.91 Å². The third kappa shape index (κ3) is 5.28. The van der Waals surface area contributed by atoms with Crippen LogP contribution in [0.4, 0.5) is 4.39 Å². The lowest BCUT2D eigenvalue weighted by atomic mass is 9.96. The fourth-order valence-corrected chi connectivity index (χ4v) is 5.10. The lowest BCUT2D eigenvalue weighted by Gasteiger charge is -2.40. The van der Waals surface area contributed by atoms with Crippen LogP contribution in [0.1, 0.15) is 34.5 Å². The largest absolute Gasteiger partial charge is 0.348 e. The molecule has 0 saturated carbocycles. The average Bonchev–Trinajstić information content (AvgIpc) is 3.33. The van der Waals surface area contributed by atoms with Gasteiger partial charge in [-0.25, -0.2) is 4.39 Å². The van der Waals surface area contributed by atoms with Crippen molar-refractivity contribution in [3.05, 3.63) is 83.4 Å². The number of piperidine rings is 1. The number of aromatic amines is 1. The molecule has 2 aromatic heterocycles. The molecule has 0 unspecified atom stereocenters. The van der Waals surface area contributed by atoms with E-state index < -0.39 is 0 Å². The normalized spacial score (nSPS) is 17.9. The molecule has 9 heteroatoms. The summed E-state index contributed by atoms with van der Waals surface area (Å²) in [6, 6.07) is 15.4. The fraction of sp³-hybridized carbons (Fsp3) is 0.310. The highest BCUT2D eigenvalue weighted by Gasteiger charge is 2.35. The predicted octanol–water partition coefficient (Wildman–Crippen LogP) is 3.92. The van der Waals surface area contributed by atoms with E-state index in [1.54, 1.807) is 49.5 Å². The Labute approximate surface area is 220 Å². The number of amides is 2. The smallest absolute Gasteiger partial charge is 0.251 e. The van der Waals surface area contributed by atoms with Gasteiger partial charge < -0.3 is 10.2 Å². The minimum Gasteiger partial charge on any atom is -0.348 e. The molecular formula is C29H31FN6O2. The number of nitrogens with one attached hydrogen (secondary N) is 2. The number of hydrogen-bond donors (Lipinski definition) is 2. The van der Waals surface area contributed by atoms with Gasteiger partial charge in [-0.1, -0.05) is 18.2 Å². The molecule has 2 amide bonds. The van der Waals surface area contributed by atoms with Gasteiger partial charge in [-0.15, -0.1) is 0 Å². The topological polar surface area (TPSA) is 94.2 Å². The van der Waals surface area contributed by atoms with E-state index in [0.29, 0.717) is 37.1 Å². The Morgan fingerprint density at radius 3 is 2.71 bits per heavy atom. The molecule has 0 radical (unpaired) electrons. The Morgan fingerprint density at radius 2 is 1.95 bits per heavy atom. The van der Waals surface area contributed by atoms with Crippen LogP contribution in [0.2, 0.25) is 0 Å². The number of fused-ring (bicyclic) bond motifs is 1. The van der Waals surface area contributed by atoms with Crippen LogP contribution in [0.3, 0.4) is 0 Å². The van der Waals surface area contributed by atoms with Crippen LogP contribution in [0, 0.1) is 12.7 Å². The van der Waals surface area contributed by atoms with Crippen molar-refractivity contribution in [2.24, 2.45) is 0 Å². The molecule has 1 fully saturated rings. The van der Waals surface area contributed by atoms with Gasteiger partial charge in [0.25, 0.3) is 5.91 Å². The number of benzene rings is 2. The molecule has 196 valence electrons. The van der Waals surface area contributed by atoms with Crippen LogP contribution in [0.5, 0.6) is 0 Å². The maximum absolute atomic E-state index is 14.4. The third-order valence-corrected chi connectivity index (χ3v) is 7.07. The lowest BCUT2D eigenvalue weighted by molar-refractivity contribution is -0.136. The number of aromatic nitrogens is 3. The van der Waals surface area contributed by atoms with Crippen LogP contribution in [0.25, 0.3) is 22.2 Å². The van der Waals surface area contributed by atoms with E-state index in [9.17, 15) is 14.0 Å². The number of hydrogen-bond acceptors (Lipinski definition) is 5. The van der Waals surface area contributed by atoms with Gasteiger partial charge in [-0.05, 0) is 56.2 Å². The monoisotopic (exact) mass is 514 g/mol. The molecule has 5 rings (SSSR count). The zero-order valence-corrected chi connectivity index (χ0v) is 21.7. The van der Waals surface area contributed by atoms with Gasteiger partial charge in [0.15, 0.2) is 0 Å². The molecule has 1 saturated heterocycles. The molecule has 4 aromatic rings. The Kier molecular flexibility index (Phi) is 7.20. The molecule has 0 bridgehead atoms. The molecule has 1 aliphatic heterocycles. The zero-order chi connectivity index (χ0) is 26.8. The Morgan fingerprint density at radius 1 is 1.13 bits per heavy atom. The number of halogens is 1. The van der Waals surface area contributed by atoms with Crippen LogP contribution in [0.15, 0.2) is 60.8 Å². The van der Waals surface area contributed by atoms with Gasteiger partial charge in [0.1, 0.15) is 11.5 Å². The van der Waals surface area contributed by atoms with E-state index in [4.69, 9.17) is 0 Å². The highest BCUT2D eigenvalue weighted by atomic mass is 19.1. The van der Waals surface area contributed by atoms with E-state index in [2.05, 4.69) is 20.5 Å². The maximum atomic E-state index is 14.4. The van der Waals surface area contributed by atoms with E-state index in [0.717, 1.165) is 27.9 Å². The lowest BCUT2D eigenvalue weighted by Crippen LogP contribution is -2.56. The summed E-state index contributed by atoms with van der Waals surface area (Å²) in [5, 5.41) is 11.5. The number of likely N-dealkylation sites (N-methyl/N-ethyl adjacent to an activating group) is 1. The summed E-state index contributed by atoms with van der Waals surface area (Å²) >= 11 is 0. The second kappa shape index (κ2) is 10.7. The maximum Gasteiger partial charge on any atom is 0.251 e. The number of pyridine rings is 1. The molecule has 1 aliphatic rings. The number of aryl methyl sites for hydroxylation is 1. The minimum atomic E-state index is -0.369. The summed E-state index contributed by atoms with van der Waals surface area (Å²) in [6.07, 6.45) is 2.97. The summed E-state index contributed by atoms with van der Waals surface area (Å²) in [4.78, 5) is 34.0. The average molecular weight is 515 g/mol. The van der Waals surface area contributed by atoms with Crippen molar-refractivity contribution >= 4 is 22.7 Å². The minimum absolute atomic E-state index is 0.0181. The number of likely N-dealkylation sites (tertiary alicyclic amines) is 1. The Balaban J connectivity index is 1.35. The molecule has 2 aromatic carbocycles. The first-order chi connectivity index (χ1) is 18.3. The Bertz CT molecular complexity index is 1480. The second-order valence-corrected chi connectivity index (χ2v) is 10.0. The SMILES string of the molecule is Cc1cc(-c2n[nH]c3ccc(C(=O)N[C@@H]4CC[C@@H](C(=O)N(C)C)N(Cc5ccccc5F)C4)cc23)ccn1. The van der Waals surface area contributed by atoms with E-state index in [1.165, 1.54) is 6.07 Å². The van der Waals surface area contributed by atoms with Crippen LogP contribution in [-0.2, 0) is 11.3 Å². The number of nitrogens with zero attached hydrogens (tertiary/aromatic N) is 4. The first-order valence-corrected chi connectivity index (χ1v) is 12.7. The highest BCUT2D eigenvalue weighted by molar-refractivity contribution is 6.01. The summed E-state index contributed by atoms with van der Waals surface area (Å²) in [7, 11) is 3.45. The summed E-state index contributed by atoms with van der Waals surface area (Å²) in [5.41, 5.74) is 4.46. The van der Waals surface area contributed by atoms with Crippen LogP contribution >= 0.6 is 0 Å². The van der Waals surface area contributed by atoms with E-state index in [-0.39, 0.29) is 29.7 Å². The zero-order valence-electron chi connectivity index (χ0n) is 21.7. The molecule has 2 N–H and O–H groups in total. The van der Waals surface area contributed by atoms with Gasteiger partial charge in [0, 0.05) is 67.2 Å². The van der Waals surface area contributed by atoms with Gasteiger partial charge in [0.05, 0.1) is 11.6 Å². The van der Waals surface area contributed by atoms with Crippen molar-refractivity contribution in [1.82, 2.24) is 30.3 Å². The van der Waals surface area contributed by atoms with Gasteiger partial charge in [-0.2, -0.15) is 5.10 Å². The highest BCUT2D eigenvalue weighted by Crippen LogP contribution is 2.28. The standard InChI is InChI=1S/C29H31FN6O2/c1-18-14-19(12-13-31-18)27-23-15-20(8-10-25(23)33-34-27)28(37)32-22-9-11-26(29(38)35(2)3)36(17-22)16-21-6-4-5-7-24(21)30/h4-8,10,12-15,22,26H,9,11,16-17H2,1-3H3,(H,32,37)(H,33,34)/t22-,26+/m1/s1. The van der Waals surface area contributed by atoms with E-state index >= 15 is 0 Å². The van der Waals surface area contributed by atoms with Crippen LogP contribution < -0.4 is 5.32 Å². The molecule has 0 aliphatic carbocycles. The van der Waals surface area contributed by atoms with Crippen molar-refractivity contribution in [3.63, 3.8) is 0 Å². The first kappa shape index (κ1) is 25.5. The number of H-pyrrole nitrogens is 1. The van der Waals surface area contributed by atoms with E-state index in [1.807, 2.05) is 36.1 Å². The predicted molar refractivity (Wildman–Crippen MR) is 144 cm³/mol. The van der Waals surface area contributed by atoms with Crippen LogP contribution in [-0.4, -0.2) is 69.5 Å². The quantitative estimate of drug-likeness (QED) is 0.407.